The molecule has 0 aliphatic carbocycles. The van der Waals surface area contributed by atoms with E-state index in [1.807, 2.05) is 68.2 Å². The van der Waals surface area contributed by atoms with Crippen molar-refractivity contribution in [2.45, 2.75) is 51.7 Å². The number of nitrogens with zero attached hydrogens (tertiary/aromatic N) is 2. The highest BCUT2D eigenvalue weighted by molar-refractivity contribution is 5.97. The molecule has 1 heterocycles. The second kappa shape index (κ2) is 9.30. The highest BCUT2D eigenvalue weighted by atomic mass is 16.5. The van der Waals surface area contributed by atoms with Crippen LogP contribution in [-0.2, 0) is 11.3 Å². The summed E-state index contributed by atoms with van der Waals surface area (Å²) in [7, 11) is 1.64. The van der Waals surface area contributed by atoms with Gasteiger partial charge in [0.15, 0.2) is 0 Å². The summed E-state index contributed by atoms with van der Waals surface area (Å²) in [6.45, 7) is 7.11. The van der Waals surface area contributed by atoms with E-state index >= 15 is 0 Å². The Hall–Kier alpha value is -2.86. The van der Waals surface area contributed by atoms with Crippen molar-refractivity contribution in [1.82, 2.24) is 15.3 Å². The first kappa shape index (κ1) is 21.8. The van der Waals surface area contributed by atoms with E-state index in [0.717, 1.165) is 17.7 Å². The molecule has 2 amide bonds. The van der Waals surface area contributed by atoms with Gasteiger partial charge < -0.3 is 10.1 Å². The fourth-order valence-corrected chi connectivity index (χ4v) is 3.67. The van der Waals surface area contributed by atoms with Crippen molar-refractivity contribution in [3.63, 3.8) is 0 Å². The van der Waals surface area contributed by atoms with Gasteiger partial charge in [0.1, 0.15) is 11.8 Å². The van der Waals surface area contributed by atoms with Gasteiger partial charge in [-0.3, -0.25) is 14.6 Å². The maximum Gasteiger partial charge on any atom is 0.268 e. The normalized spacial score (nSPS) is 17.5. The number of methoxy groups -OCH3 is 1. The molecule has 3 rings (SSSR count). The third-order valence-electron chi connectivity index (χ3n) is 5.05. The first-order chi connectivity index (χ1) is 14.3. The number of carbonyl (C=O) groups is 2. The van der Waals surface area contributed by atoms with Crippen LogP contribution in [-0.4, -0.2) is 47.1 Å². The number of carbonyl (C=O) groups excluding carboxylic acids is 2. The topological polar surface area (TPSA) is 61.9 Å². The molecule has 1 N–H and O–H groups in total. The summed E-state index contributed by atoms with van der Waals surface area (Å²) in [6, 6.07) is 16.4. The predicted molar refractivity (Wildman–Crippen MR) is 117 cm³/mol. The lowest BCUT2D eigenvalue weighted by atomic mass is 10.0. The summed E-state index contributed by atoms with van der Waals surface area (Å²) in [5, 5.41) is 6.70. The van der Waals surface area contributed by atoms with Crippen LogP contribution >= 0.6 is 0 Å². The molecule has 160 valence electrons. The number of ether oxygens (including phenoxy) is 1. The molecule has 30 heavy (non-hydrogen) atoms. The van der Waals surface area contributed by atoms with Crippen molar-refractivity contribution in [3.05, 3.63) is 65.7 Å². The number of nitrogens with one attached hydrogen (secondary N) is 1. The summed E-state index contributed by atoms with van der Waals surface area (Å²) < 4.78 is 5.24. The minimum absolute atomic E-state index is 0.119. The van der Waals surface area contributed by atoms with Gasteiger partial charge in [0, 0.05) is 24.2 Å². The van der Waals surface area contributed by atoms with E-state index < -0.39 is 6.04 Å². The molecule has 1 saturated heterocycles. The van der Waals surface area contributed by atoms with Crippen LogP contribution in [0.15, 0.2) is 54.6 Å². The van der Waals surface area contributed by atoms with Crippen molar-refractivity contribution in [1.29, 1.82) is 0 Å². The molecule has 0 aromatic heterocycles. The molecule has 0 bridgehead atoms. The molecule has 2 aromatic rings. The molecule has 6 nitrogen and oxygen atoms in total. The third kappa shape index (κ3) is 5.39. The maximum absolute atomic E-state index is 13.5. The van der Waals surface area contributed by atoms with Crippen LogP contribution in [0.25, 0.3) is 0 Å². The number of hydrazine groups is 1. The largest absolute Gasteiger partial charge is 0.497 e. The molecule has 1 aliphatic heterocycles. The monoisotopic (exact) mass is 409 g/mol. The van der Waals surface area contributed by atoms with Crippen LogP contribution in [0.2, 0.25) is 0 Å². The second-order valence-corrected chi connectivity index (χ2v) is 8.65. The van der Waals surface area contributed by atoms with Gasteiger partial charge in [-0.2, -0.15) is 0 Å². The van der Waals surface area contributed by atoms with Crippen LogP contribution in [0.4, 0.5) is 0 Å². The average molecular weight is 410 g/mol. The minimum atomic E-state index is -0.538. The number of benzene rings is 2. The first-order valence-corrected chi connectivity index (χ1v) is 10.4. The van der Waals surface area contributed by atoms with Gasteiger partial charge in [-0.1, -0.05) is 30.3 Å². The fourth-order valence-electron chi connectivity index (χ4n) is 3.67. The Labute approximate surface area is 178 Å². The molecule has 2 aromatic carbocycles. The highest BCUT2D eigenvalue weighted by Crippen LogP contribution is 2.25. The summed E-state index contributed by atoms with van der Waals surface area (Å²) in [5.74, 6) is 0.515. The Bertz CT molecular complexity index is 860. The summed E-state index contributed by atoms with van der Waals surface area (Å²) in [4.78, 5) is 26.6. The summed E-state index contributed by atoms with van der Waals surface area (Å²) >= 11 is 0. The van der Waals surface area contributed by atoms with Crippen LogP contribution in [0.1, 0.15) is 49.5 Å². The van der Waals surface area contributed by atoms with E-state index in [-0.39, 0.29) is 17.4 Å². The van der Waals surface area contributed by atoms with E-state index in [9.17, 15) is 9.59 Å². The summed E-state index contributed by atoms with van der Waals surface area (Å²) in [5.41, 5.74) is 1.27. The van der Waals surface area contributed by atoms with Crippen molar-refractivity contribution in [2.75, 3.05) is 13.7 Å². The van der Waals surface area contributed by atoms with E-state index in [1.54, 1.807) is 24.3 Å². The molecule has 1 aliphatic rings. The third-order valence-corrected chi connectivity index (χ3v) is 5.05. The molecule has 1 unspecified atom stereocenters. The zero-order chi connectivity index (χ0) is 21.7. The van der Waals surface area contributed by atoms with Gasteiger partial charge in [-0.25, -0.2) is 5.01 Å². The highest BCUT2D eigenvalue weighted by Gasteiger charge is 2.38. The number of rotatable bonds is 5. The van der Waals surface area contributed by atoms with Gasteiger partial charge in [-0.05, 0) is 63.4 Å². The Morgan fingerprint density at radius 2 is 1.73 bits per heavy atom. The van der Waals surface area contributed by atoms with Gasteiger partial charge in [0.2, 0.25) is 5.91 Å². The van der Waals surface area contributed by atoms with Crippen LogP contribution in [0.5, 0.6) is 5.75 Å². The number of hydrogen-bond acceptors (Lipinski definition) is 4. The molecule has 1 atom stereocenters. The van der Waals surface area contributed by atoms with E-state index in [1.165, 1.54) is 0 Å². The van der Waals surface area contributed by atoms with Crippen LogP contribution in [0, 0.1) is 0 Å². The van der Waals surface area contributed by atoms with Gasteiger partial charge >= 0.3 is 0 Å². The second-order valence-electron chi connectivity index (χ2n) is 8.65. The molecule has 1 fully saturated rings. The lowest BCUT2D eigenvalue weighted by molar-refractivity contribution is -0.139. The van der Waals surface area contributed by atoms with Crippen molar-refractivity contribution in [3.8, 4) is 5.75 Å². The Balaban J connectivity index is 1.90. The Morgan fingerprint density at radius 3 is 2.33 bits per heavy atom. The quantitative estimate of drug-likeness (QED) is 0.819. The predicted octanol–water partition coefficient (Wildman–Crippen LogP) is 3.63. The van der Waals surface area contributed by atoms with Gasteiger partial charge in [-0.15, -0.1) is 0 Å². The average Bonchev–Trinajstić information content (AvgIpc) is 2.73. The SMILES string of the molecule is COc1ccc(CN2CCCC(C(=O)NC(C)(C)C)N2C(=O)c2ccccc2)cc1. The fraction of sp³-hybridized carbons (Fsp3) is 0.417. The Kier molecular flexibility index (Phi) is 6.77. The van der Waals surface area contributed by atoms with E-state index in [4.69, 9.17) is 4.74 Å². The molecule has 6 heteroatoms. The number of amides is 2. The maximum atomic E-state index is 13.5. The van der Waals surface area contributed by atoms with Crippen molar-refractivity contribution in [2.24, 2.45) is 0 Å². The first-order valence-electron chi connectivity index (χ1n) is 10.4. The Morgan fingerprint density at radius 1 is 1.07 bits per heavy atom. The van der Waals surface area contributed by atoms with Gasteiger partial charge in [0.05, 0.1) is 7.11 Å². The van der Waals surface area contributed by atoms with Crippen molar-refractivity contribution >= 4 is 11.8 Å². The minimum Gasteiger partial charge on any atom is -0.497 e. The smallest absolute Gasteiger partial charge is 0.268 e. The lowest BCUT2D eigenvalue weighted by Crippen LogP contribution is -2.61. The molecule has 0 radical (unpaired) electrons. The molecule has 0 spiro atoms. The number of hydrogen-bond donors (Lipinski definition) is 1. The van der Waals surface area contributed by atoms with Crippen LogP contribution < -0.4 is 10.1 Å². The van der Waals surface area contributed by atoms with E-state index in [2.05, 4.69) is 5.32 Å². The molecular formula is C24H31N3O3. The standard InChI is InChI=1S/C24H31N3O3/c1-24(2,3)25-22(28)21-11-8-16-26(17-18-12-14-20(30-4)15-13-18)27(21)23(29)19-9-6-5-7-10-19/h5-7,9-10,12-15,21H,8,11,16-17H2,1-4H3,(H,25,28). The summed E-state index contributed by atoms with van der Waals surface area (Å²) in [6.07, 6.45) is 1.48. The van der Waals surface area contributed by atoms with Crippen LogP contribution in [0.3, 0.4) is 0 Å². The zero-order valence-corrected chi connectivity index (χ0v) is 18.2. The lowest BCUT2D eigenvalue weighted by Gasteiger charge is -2.44. The van der Waals surface area contributed by atoms with E-state index in [0.29, 0.717) is 25.1 Å². The molecule has 0 saturated carbocycles. The molecular weight excluding hydrogens is 378 g/mol. The van der Waals surface area contributed by atoms with Gasteiger partial charge in [0.25, 0.3) is 5.91 Å². The van der Waals surface area contributed by atoms with Crippen molar-refractivity contribution < 1.29 is 14.3 Å². The zero-order valence-electron chi connectivity index (χ0n) is 18.2.